The largest absolute Gasteiger partial charge is 0.457 e. The molecule has 1 atom stereocenters. The molecule has 4 rings (SSSR count). The van der Waals surface area contributed by atoms with E-state index in [0.717, 1.165) is 28.2 Å². The molecule has 1 saturated heterocycles. The average Bonchev–Trinajstić information content (AvgIpc) is 2.92. The highest BCUT2D eigenvalue weighted by atomic mass is 19.1. The number of benzene rings is 3. The molecule has 38 heavy (non-hydrogen) atoms. The minimum Gasteiger partial charge on any atom is -0.457 e. The van der Waals surface area contributed by atoms with Crippen LogP contribution in [0.3, 0.4) is 0 Å². The van der Waals surface area contributed by atoms with Crippen molar-refractivity contribution in [3.05, 3.63) is 127 Å². The number of aliphatic hydroxyl groups excluding tert-OH is 1. The second-order valence-corrected chi connectivity index (χ2v) is 7.60. The number of alkyl halides is 1. The van der Waals surface area contributed by atoms with E-state index >= 15 is 0 Å². The molecule has 6 heteroatoms. The summed E-state index contributed by atoms with van der Waals surface area (Å²) in [6, 6.07) is 23.7. The number of hydrogen-bond acceptors (Lipinski definition) is 3. The molecule has 3 aromatic rings. The summed E-state index contributed by atoms with van der Waals surface area (Å²) in [5, 5.41) is 11.7. The van der Waals surface area contributed by atoms with Crippen molar-refractivity contribution in [2.75, 3.05) is 13.8 Å². The van der Waals surface area contributed by atoms with Crippen LogP contribution in [0.4, 0.5) is 8.78 Å². The molecule has 1 aliphatic heterocycles. The van der Waals surface area contributed by atoms with Crippen LogP contribution in [0.1, 0.15) is 44.4 Å². The van der Waals surface area contributed by atoms with Crippen molar-refractivity contribution in [1.82, 2.24) is 5.32 Å². The molecule has 1 fully saturated rings. The molecule has 2 N–H and O–H groups in total. The molecule has 0 spiro atoms. The predicted octanol–water partition coefficient (Wildman–Crippen LogP) is 8.23. The number of aliphatic hydroxyl groups is 1. The summed E-state index contributed by atoms with van der Waals surface area (Å²) in [6.45, 7) is 12.3. The molecule has 0 saturated carbocycles. The number of rotatable bonds is 5. The van der Waals surface area contributed by atoms with Gasteiger partial charge in [0.05, 0.1) is 26.2 Å². The van der Waals surface area contributed by atoms with Gasteiger partial charge in [0, 0.05) is 0 Å². The quantitative estimate of drug-likeness (QED) is 0.262. The zero-order chi connectivity index (χ0) is 28.8. The SMILES string of the molecule is C/C=C(/CO)c1ccc(F)cc1.C=CC.C=CC.CF.O=C1CC(c2ccc(Oc3ccccc3)cc2)N1. The number of β-lactam (4-membered cyclic amide) rings is 1. The highest BCUT2D eigenvalue weighted by Crippen LogP contribution is 2.27. The molecule has 0 aromatic heterocycles. The van der Waals surface area contributed by atoms with Crippen LogP contribution in [0.25, 0.3) is 5.57 Å². The van der Waals surface area contributed by atoms with Gasteiger partial charge in [-0.2, -0.15) is 0 Å². The van der Waals surface area contributed by atoms with Crippen LogP contribution < -0.4 is 10.1 Å². The molecule has 1 amide bonds. The minimum absolute atomic E-state index is 0.0118. The van der Waals surface area contributed by atoms with Crippen molar-refractivity contribution in [3.63, 3.8) is 0 Å². The Morgan fingerprint density at radius 3 is 1.82 bits per heavy atom. The fourth-order valence-electron chi connectivity index (χ4n) is 2.97. The molecule has 4 nitrogen and oxygen atoms in total. The molecule has 1 unspecified atom stereocenters. The fraction of sp³-hybridized carbons (Fsp3) is 0.219. The molecule has 0 bridgehead atoms. The van der Waals surface area contributed by atoms with Gasteiger partial charge in [-0.15, -0.1) is 13.2 Å². The summed E-state index contributed by atoms with van der Waals surface area (Å²) >= 11 is 0. The lowest BCUT2D eigenvalue weighted by atomic mass is 9.97. The van der Waals surface area contributed by atoms with Crippen LogP contribution in [0, 0.1) is 5.82 Å². The molecular weight excluding hydrogens is 484 g/mol. The summed E-state index contributed by atoms with van der Waals surface area (Å²) < 4.78 is 27.7. The van der Waals surface area contributed by atoms with E-state index in [2.05, 4.69) is 18.5 Å². The Kier molecular flexibility index (Phi) is 18.9. The molecule has 0 aliphatic carbocycles. The smallest absolute Gasteiger partial charge is 0.222 e. The van der Waals surface area contributed by atoms with E-state index in [9.17, 15) is 13.6 Å². The number of carbonyl (C=O) groups is 1. The topological polar surface area (TPSA) is 58.6 Å². The second-order valence-electron chi connectivity index (χ2n) is 7.60. The van der Waals surface area contributed by atoms with Crippen LogP contribution in [0.15, 0.2) is 110 Å². The first kappa shape index (κ1) is 34.0. The van der Waals surface area contributed by atoms with E-state index in [4.69, 9.17) is 9.84 Å². The Labute approximate surface area is 226 Å². The summed E-state index contributed by atoms with van der Waals surface area (Å²) in [6.07, 6.45) is 5.89. The summed E-state index contributed by atoms with van der Waals surface area (Å²) in [5.41, 5.74) is 2.80. The van der Waals surface area contributed by atoms with Crippen molar-refractivity contribution < 1.29 is 23.4 Å². The van der Waals surface area contributed by atoms with Gasteiger partial charge in [0.15, 0.2) is 0 Å². The van der Waals surface area contributed by atoms with Crippen molar-refractivity contribution >= 4 is 11.5 Å². The van der Waals surface area contributed by atoms with Gasteiger partial charge in [-0.3, -0.25) is 9.18 Å². The number of allylic oxidation sites excluding steroid dienone is 3. The second kappa shape index (κ2) is 21.1. The third-order valence-electron chi connectivity index (χ3n) is 4.72. The lowest BCUT2D eigenvalue weighted by Gasteiger charge is -2.27. The Balaban J connectivity index is 0.000000593. The predicted molar refractivity (Wildman–Crippen MR) is 154 cm³/mol. The monoisotopic (exact) mass is 523 g/mol. The van der Waals surface area contributed by atoms with Gasteiger partial charge >= 0.3 is 0 Å². The summed E-state index contributed by atoms with van der Waals surface area (Å²) in [7, 11) is 0.500. The molecule has 3 aromatic carbocycles. The Morgan fingerprint density at radius 2 is 1.39 bits per heavy atom. The van der Waals surface area contributed by atoms with Crippen LogP contribution in [0.2, 0.25) is 0 Å². The normalized spacial score (nSPS) is 13.0. The van der Waals surface area contributed by atoms with Gasteiger partial charge in [-0.25, -0.2) is 4.39 Å². The van der Waals surface area contributed by atoms with E-state index in [1.54, 1.807) is 24.3 Å². The maximum Gasteiger partial charge on any atom is 0.222 e. The lowest BCUT2D eigenvalue weighted by molar-refractivity contribution is -0.128. The van der Waals surface area contributed by atoms with Crippen LogP contribution in [0.5, 0.6) is 11.5 Å². The van der Waals surface area contributed by atoms with Gasteiger partial charge < -0.3 is 15.2 Å². The third kappa shape index (κ3) is 13.3. The van der Waals surface area contributed by atoms with Gasteiger partial charge in [-0.1, -0.05) is 60.7 Å². The number of carbonyl (C=O) groups excluding carboxylic acids is 1. The highest BCUT2D eigenvalue weighted by Gasteiger charge is 2.26. The lowest BCUT2D eigenvalue weighted by Crippen LogP contribution is -2.41. The third-order valence-corrected chi connectivity index (χ3v) is 4.72. The van der Waals surface area contributed by atoms with E-state index in [-0.39, 0.29) is 24.4 Å². The first-order valence-corrected chi connectivity index (χ1v) is 12.1. The Morgan fingerprint density at radius 1 is 0.921 bits per heavy atom. The summed E-state index contributed by atoms with van der Waals surface area (Å²) in [4.78, 5) is 10.9. The number of para-hydroxylation sites is 1. The van der Waals surface area contributed by atoms with E-state index < -0.39 is 0 Å². The van der Waals surface area contributed by atoms with Gasteiger partial charge in [0.25, 0.3) is 0 Å². The maximum absolute atomic E-state index is 12.5. The number of ether oxygens (including phenoxy) is 1. The number of amides is 1. The first-order chi connectivity index (χ1) is 18.4. The van der Waals surface area contributed by atoms with Crippen molar-refractivity contribution in [3.8, 4) is 11.5 Å². The Bertz CT molecular complexity index is 1070. The van der Waals surface area contributed by atoms with Crippen LogP contribution in [-0.2, 0) is 4.79 Å². The molecular formula is C32H39F2NO3. The zero-order valence-electron chi connectivity index (χ0n) is 22.7. The molecule has 0 radical (unpaired) electrons. The number of nitrogens with one attached hydrogen (secondary N) is 1. The minimum atomic E-state index is -0.257. The average molecular weight is 524 g/mol. The number of hydrogen-bond donors (Lipinski definition) is 2. The van der Waals surface area contributed by atoms with Crippen molar-refractivity contribution in [2.45, 2.75) is 33.2 Å². The van der Waals surface area contributed by atoms with Crippen molar-refractivity contribution in [1.29, 1.82) is 0 Å². The molecule has 1 aliphatic rings. The van der Waals surface area contributed by atoms with Gasteiger partial charge in [0.1, 0.15) is 17.3 Å². The van der Waals surface area contributed by atoms with E-state index in [1.165, 1.54) is 12.1 Å². The summed E-state index contributed by atoms with van der Waals surface area (Å²) in [5.74, 6) is 1.48. The first-order valence-electron chi connectivity index (χ1n) is 12.1. The number of halogens is 2. The van der Waals surface area contributed by atoms with Crippen LogP contribution in [-0.4, -0.2) is 24.8 Å². The van der Waals surface area contributed by atoms with E-state index in [1.807, 2.05) is 81.4 Å². The van der Waals surface area contributed by atoms with E-state index in [0.29, 0.717) is 13.6 Å². The Hall–Kier alpha value is -4.03. The highest BCUT2D eigenvalue weighted by molar-refractivity contribution is 5.83. The van der Waals surface area contributed by atoms with Crippen molar-refractivity contribution in [2.24, 2.45) is 0 Å². The molecule has 204 valence electrons. The molecule has 1 heterocycles. The fourth-order valence-corrected chi connectivity index (χ4v) is 2.97. The standard InChI is InChI=1S/C15H13NO2.C10H11FO.2C3H6.CH3F/c17-15-10-14(16-15)11-6-8-13(9-7-11)18-12-4-2-1-3-5-12;1-2-8(7-12)9-3-5-10(11)6-4-9;2*1-3-2;1-2/h1-9,14H,10H2,(H,16,17);2-6,12H,7H2,1H3;2*3H,1H2,2H3;1H3/b;8-2-;;;. The van der Waals surface area contributed by atoms with Crippen LogP contribution >= 0.6 is 0 Å². The zero-order valence-corrected chi connectivity index (χ0v) is 22.7. The van der Waals surface area contributed by atoms with Gasteiger partial charge in [-0.05, 0) is 73.9 Å². The van der Waals surface area contributed by atoms with Gasteiger partial charge in [0.2, 0.25) is 5.91 Å². The maximum atomic E-state index is 12.5.